The minimum absolute atomic E-state index is 0.00624. The van der Waals surface area contributed by atoms with Crippen LogP contribution in [-0.4, -0.2) is 26.7 Å². The van der Waals surface area contributed by atoms with Crippen LogP contribution in [0.5, 0.6) is 17.2 Å². The standard InChI is InChI=1S/C23H26N2O4/c1-16(2)11-12-29-20-8-5-17(6-9-20)13-18(15-24)23(26)25-19-7-10-21(27-3)22(14-19)28-4/h5-10,13-14,16H,11-12H2,1-4H3,(H,25,26)/b18-13-. The minimum atomic E-state index is -0.503. The van der Waals surface area contributed by atoms with Crippen LogP contribution in [0.15, 0.2) is 48.0 Å². The number of hydrogen-bond donors (Lipinski definition) is 1. The molecule has 0 unspecified atom stereocenters. The van der Waals surface area contributed by atoms with Gasteiger partial charge in [0.1, 0.15) is 17.4 Å². The van der Waals surface area contributed by atoms with E-state index in [-0.39, 0.29) is 5.57 Å². The molecule has 0 radical (unpaired) electrons. The number of benzene rings is 2. The molecule has 0 atom stereocenters. The van der Waals surface area contributed by atoms with E-state index in [1.54, 1.807) is 18.2 Å². The highest BCUT2D eigenvalue weighted by atomic mass is 16.5. The number of methoxy groups -OCH3 is 2. The van der Waals surface area contributed by atoms with Crippen LogP contribution < -0.4 is 19.5 Å². The quantitative estimate of drug-likeness (QED) is 0.494. The van der Waals surface area contributed by atoms with Gasteiger partial charge in [-0.3, -0.25) is 4.79 Å². The Bertz CT molecular complexity index is 896. The molecule has 0 bridgehead atoms. The van der Waals surface area contributed by atoms with Crippen molar-refractivity contribution in [3.05, 3.63) is 53.6 Å². The second-order valence-corrected chi connectivity index (χ2v) is 6.79. The van der Waals surface area contributed by atoms with Crippen LogP contribution in [0.2, 0.25) is 0 Å². The van der Waals surface area contributed by atoms with Crippen LogP contribution in [0, 0.1) is 17.2 Å². The molecule has 0 spiro atoms. The monoisotopic (exact) mass is 394 g/mol. The third-order valence-corrected chi connectivity index (χ3v) is 4.16. The zero-order valence-corrected chi connectivity index (χ0v) is 17.2. The van der Waals surface area contributed by atoms with Crippen LogP contribution in [0.25, 0.3) is 6.08 Å². The van der Waals surface area contributed by atoms with Crippen molar-refractivity contribution in [3.63, 3.8) is 0 Å². The van der Waals surface area contributed by atoms with Gasteiger partial charge in [-0.15, -0.1) is 0 Å². The van der Waals surface area contributed by atoms with E-state index in [9.17, 15) is 10.1 Å². The molecule has 0 saturated heterocycles. The molecule has 1 N–H and O–H groups in total. The number of amides is 1. The number of nitriles is 1. The van der Waals surface area contributed by atoms with Crippen molar-refractivity contribution in [2.45, 2.75) is 20.3 Å². The van der Waals surface area contributed by atoms with E-state index in [1.807, 2.05) is 30.3 Å². The van der Waals surface area contributed by atoms with Gasteiger partial charge in [-0.05, 0) is 48.2 Å². The van der Waals surface area contributed by atoms with Crippen molar-refractivity contribution in [1.29, 1.82) is 5.26 Å². The van der Waals surface area contributed by atoms with E-state index in [0.717, 1.165) is 17.7 Å². The van der Waals surface area contributed by atoms with Crippen LogP contribution >= 0.6 is 0 Å². The molecule has 0 heterocycles. The van der Waals surface area contributed by atoms with E-state index in [4.69, 9.17) is 14.2 Å². The van der Waals surface area contributed by atoms with Crippen molar-refractivity contribution in [3.8, 4) is 23.3 Å². The highest BCUT2D eigenvalue weighted by molar-refractivity contribution is 6.09. The summed E-state index contributed by atoms with van der Waals surface area (Å²) in [4.78, 5) is 12.5. The highest BCUT2D eigenvalue weighted by Crippen LogP contribution is 2.30. The SMILES string of the molecule is COc1ccc(NC(=O)/C(C#N)=C\c2ccc(OCCC(C)C)cc2)cc1OC. The first-order valence-corrected chi connectivity index (χ1v) is 9.34. The fourth-order valence-corrected chi connectivity index (χ4v) is 2.50. The summed E-state index contributed by atoms with van der Waals surface area (Å²) in [5.74, 6) is 1.88. The molecule has 2 aromatic rings. The maximum atomic E-state index is 12.5. The van der Waals surface area contributed by atoms with Crippen molar-refractivity contribution >= 4 is 17.7 Å². The average molecular weight is 394 g/mol. The summed E-state index contributed by atoms with van der Waals surface area (Å²) in [7, 11) is 3.05. The molecule has 6 nitrogen and oxygen atoms in total. The molecule has 0 fully saturated rings. The predicted octanol–water partition coefficient (Wildman–Crippen LogP) is 4.67. The van der Waals surface area contributed by atoms with Gasteiger partial charge in [0.15, 0.2) is 11.5 Å². The summed E-state index contributed by atoms with van der Waals surface area (Å²) >= 11 is 0. The lowest BCUT2D eigenvalue weighted by molar-refractivity contribution is -0.112. The van der Waals surface area contributed by atoms with Gasteiger partial charge in [0.2, 0.25) is 0 Å². The molecule has 1 amide bonds. The summed E-state index contributed by atoms with van der Waals surface area (Å²) < 4.78 is 16.1. The Morgan fingerprint density at radius 2 is 1.79 bits per heavy atom. The number of nitrogens with one attached hydrogen (secondary N) is 1. The van der Waals surface area contributed by atoms with Crippen LogP contribution in [0.4, 0.5) is 5.69 Å². The lowest BCUT2D eigenvalue weighted by Crippen LogP contribution is -2.13. The maximum Gasteiger partial charge on any atom is 0.266 e. The zero-order valence-electron chi connectivity index (χ0n) is 17.2. The molecular weight excluding hydrogens is 368 g/mol. The lowest BCUT2D eigenvalue weighted by atomic mass is 10.1. The first-order chi connectivity index (χ1) is 14.0. The molecule has 0 aromatic heterocycles. The number of carbonyl (C=O) groups is 1. The molecule has 2 rings (SSSR count). The van der Waals surface area contributed by atoms with Crippen LogP contribution in [0.3, 0.4) is 0 Å². The third-order valence-electron chi connectivity index (χ3n) is 4.16. The van der Waals surface area contributed by atoms with Gasteiger partial charge in [-0.1, -0.05) is 26.0 Å². The zero-order chi connectivity index (χ0) is 21.2. The summed E-state index contributed by atoms with van der Waals surface area (Å²) in [6.07, 6.45) is 2.52. The van der Waals surface area contributed by atoms with Crippen molar-refractivity contribution in [2.24, 2.45) is 5.92 Å². The number of hydrogen-bond acceptors (Lipinski definition) is 5. The summed E-state index contributed by atoms with van der Waals surface area (Å²) in [6.45, 7) is 4.95. The molecule has 0 aliphatic heterocycles. The fourth-order valence-electron chi connectivity index (χ4n) is 2.50. The van der Waals surface area contributed by atoms with Gasteiger partial charge in [0.05, 0.1) is 20.8 Å². The van der Waals surface area contributed by atoms with Crippen LogP contribution in [0.1, 0.15) is 25.8 Å². The number of ether oxygens (including phenoxy) is 3. The third kappa shape index (κ3) is 6.58. The summed E-state index contributed by atoms with van der Waals surface area (Å²) in [5, 5.41) is 12.1. The smallest absolute Gasteiger partial charge is 0.266 e. The van der Waals surface area contributed by atoms with E-state index in [0.29, 0.717) is 29.7 Å². The molecule has 6 heteroatoms. The van der Waals surface area contributed by atoms with E-state index >= 15 is 0 Å². The van der Waals surface area contributed by atoms with Crippen molar-refractivity contribution in [1.82, 2.24) is 0 Å². The van der Waals surface area contributed by atoms with Gasteiger partial charge in [0, 0.05) is 11.8 Å². The number of carbonyl (C=O) groups excluding carboxylic acids is 1. The van der Waals surface area contributed by atoms with Crippen LogP contribution in [-0.2, 0) is 4.79 Å². The summed E-state index contributed by atoms with van der Waals surface area (Å²) in [5.41, 5.74) is 1.23. The predicted molar refractivity (Wildman–Crippen MR) is 113 cm³/mol. The number of nitrogens with zero attached hydrogens (tertiary/aromatic N) is 1. The van der Waals surface area contributed by atoms with E-state index in [2.05, 4.69) is 19.2 Å². The van der Waals surface area contributed by atoms with Gasteiger partial charge in [-0.2, -0.15) is 5.26 Å². The highest BCUT2D eigenvalue weighted by Gasteiger charge is 2.12. The van der Waals surface area contributed by atoms with Crippen molar-refractivity contribution < 1.29 is 19.0 Å². The number of anilines is 1. The Morgan fingerprint density at radius 3 is 2.38 bits per heavy atom. The largest absolute Gasteiger partial charge is 0.494 e. The van der Waals surface area contributed by atoms with E-state index < -0.39 is 5.91 Å². The Balaban J connectivity index is 2.07. The minimum Gasteiger partial charge on any atom is -0.494 e. The average Bonchev–Trinajstić information content (AvgIpc) is 2.72. The Morgan fingerprint density at radius 1 is 1.10 bits per heavy atom. The second kappa shape index (κ2) is 10.8. The fraction of sp³-hybridized carbons (Fsp3) is 0.304. The molecule has 2 aromatic carbocycles. The second-order valence-electron chi connectivity index (χ2n) is 6.79. The Kier molecular flexibility index (Phi) is 8.11. The molecule has 29 heavy (non-hydrogen) atoms. The van der Waals surface area contributed by atoms with Gasteiger partial charge < -0.3 is 19.5 Å². The van der Waals surface area contributed by atoms with E-state index in [1.165, 1.54) is 20.3 Å². The van der Waals surface area contributed by atoms with Gasteiger partial charge in [-0.25, -0.2) is 0 Å². The van der Waals surface area contributed by atoms with Gasteiger partial charge >= 0.3 is 0 Å². The Hall–Kier alpha value is -3.46. The number of rotatable bonds is 9. The lowest BCUT2D eigenvalue weighted by Gasteiger charge is -2.10. The molecule has 152 valence electrons. The first-order valence-electron chi connectivity index (χ1n) is 9.34. The first kappa shape index (κ1) is 21.8. The maximum absolute atomic E-state index is 12.5. The Labute approximate surface area is 171 Å². The summed E-state index contributed by atoms with van der Waals surface area (Å²) in [6, 6.07) is 14.2. The molecular formula is C23H26N2O4. The molecule has 0 aliphatic carbocycles. The van der Waals surface area contributed by atoms with Crippen molar-refractivity contribution in [2.75, 3.05) is 26.1 Å². The normalized spacial score (nSPS) is 11.0. The molecule has 0 saturated carbocycles. The van der Waals surface area contributed by atoms with Gasteiger partial charge in [0.25, 0.3) is 5.91 Å². The molecule has 0 aliphatic rings. The topological polar surface area (TPSA) is 80.6 Å².